The molecule has 1 unspecified atom stereocenters. The van der Waals surface area contributed by atoms with Crippen LogP contribution in [-0.2, 0) is 15.1 Å². The van der Waals surface area contributed by atoms with E-state index < -0.39 is 29.9 Å². The molecule has 3 N–H and O–H groups in total. The maximum absolute atomic E-state index is 13.1. The summed E-state index contributed by atoms with van der Waals surface area (Å²) in [7, 11) is 1.50. The van der Waals surface area contributed by atoms with E-state index in [-0.39, 0.29) is 5.91 Å². The maximum atomic E-state index is 13.1. The predicted molar refractivity (Wildman–Crippen MR) is 113 cm³/mol. The summed E-state index contributed by atoms with van der Waals surface area (Å²) in [6.45, 7) is 1.92. The average Bonchev–Trinajstić information content (AvgIpc) is 3.02. The summed E-state index contributed by atoms with van der Waals surface area (Å²) in [5.74, 6) is -0.382. The second-order valence-corrected chi connectivity index (χ2v) is 7.51. The van der Waals surface area contributed by atoms with E-state index in [0.29, 0.717) is 41.5 Å². The summed E-state index contributed by atoms with van der Waals surface area (Å²) in [6.07, 6.45) is 0. The normalized spacial score (nSPS) is 19.4. The minimum absolute atomic E-state index is 0.301. The number of fused-ring (bicyclic) bond motifs is 1. The van der Waals surface area contributed by atoms with Crippen LogP contribution in [-0.4, -0.2) is 55.5 Å². The SMILES string of the molecule is CNC(=O)c1cccc(NC(=O)CN2C(=O)NC(C)(c3ccc4c(c3)OCCO4)C2=O)c1. The molecule has 2 aromatic rings. The van der Waals surface area contributed by atoms with Gasteiger partial charge in [0.15, 0.2) is 11.5 Å². The first kappa shape index (κ1) is 21.2. The van der Waals surface area contributed by atoms with E-state index in [4.69, 9.17) is 9.47 Å². The molecule has 2 aliphatic rings. The van der Waals surface area contributed by atoms with Crippen molar-refractivity contribution in [3.8, 4) is 11.5 Å². The Morgan fingerprint density at radius 3 is 2.59 bits per heavy atom. The first-order valence-electron chi connectivity index (χ1n) is 9.98. The quantitative estimate of drug-likeness (QED) is 0.603. The highest BCUT2D eigenvalue weighted by atomic mass is 16.6. The van der Waals surface area contributed by atoms with E-state index >= 15 is 0 Å². The molecule has 2 aliphatic heterocycles. The lowest BCUT2D eigenvalue weighted by Crippen LogP contribution is -2.42. The largest absolute Gasteiger partial charge is 0.486 e. The molecule has 166 valence electrons. The molecule has 0 bridgehead atoms. The third-order valence-corrected chi connectivity index (χ3v) is 5.33. The number of amides is 5. The van der Waals surface area contributed by atoms with Crippen LogP contribution in [0, 0.1) is 0 Å². The fourth-order valence-electron chi connectivity index (χ4n) is 3.62. The molecule has 10 heteroatoms. The molecule has 1 atom stereocenters. The minimum atomic E-state index is -1.35. The zero-order valence-electron chi connectivity index (χ0n) is 17.6. The fourth-order valence-corrected chi connectivity index (χ4v) is 3.62. The number of nitrogens with one attached hydrogen (secondary N) is 3. The molecule has 1 fully saturated rings. The van der Waals surface area contributed by atoms with Crippen LogP contribution in [0.3, 0.4) is 0 Å². The molecule has 0 aromatic heterocycles. The number of hydrogen-bond acceptors (Lipinski definition) is 6. The number of imide groups is 1. The van der Waals surface area contributed by atoms with Crippen LogP contribution >= 0.6 is 0 Å². The molecule has 2 heterocycles. The molecular weight excluding hydrogens is 416 g/mol. The highest BCUT2D eigenvalue weighted by molar-refractivity contribution is 6.10. The van der Waals surface area contributed by atoms with Gasteiger partial charge in [0.05, 0.1) is 0 Å². The van der Waals surface area contributed by atoms with Crippen molar-refractivity contribution in [2.24, 2.45) is 0 Å². The lowest BCUT2D eigenvalue weighted by molar-refractivity contribution is -0.133. The Hall–Kier alpha value is -4.08. The van der Waals surface area contributed by atoms with Gasteiger partial charge >= 0.3 is 6.03 Å². The third kappa shape index (κ3) is 3.82. The molecular formula is C22H22N4O6. The number of hydrogen-bond donors (Lipinski definition) is 3. The van der Waals surface area contributed by atoms with E-state index in [1.165, 1.54) is 13.1 Å². The number of nitrogens with zero attached hydrogens (tertiary/aromatic N) is 1. The van der Waals surface area contributed by atoms with Gasteiger partial charge in [0, 0.05) is 18.3 Å². The Morgan fingerprint density at radius 1 is 1.09 bits per heavy atom. The Kier molecular flexibility index (Phi) is 5.43. The fraction of sp³-hybridized carbons (Fsp3) is 0.273. The van der Waals surface area contributed by atoms with Gasteiger partial charge in [0.2, 0.25) is 5.91 Å². The van der Waals surface area contributed by atoms with Crippen molar-refractivity contribution in [2.75, 3.05) is 32.1 Å². The first-order valence-corrected chi connectivity index (χ1v) is 9.98. The van der Waals surface area contributed by atoms with E-state index in [1.54, 1.807) is 43.3 Å². The molecule has 10 nitrogen and oxygen atoms in total. The van der Waals surface area contributed by atoms with Crippen molar-refractivity contribution in [3.05, 3.63) is 53.6 Å². The summed E-state index contributed by atoms with van der Waals surface area (Å²) in [4.78, 5) is 50.8. The van der Waals surface area contributed by atoms with Crippen molar-refractivity contribution in [1.82, 2.24) is 15.5 Å². The lowest BCUT2D eigenvalue weighted by atomic mass is 9.91. The van der Waals surface area contributed by atoms with Gasteiger partial charge < -0.3 is 25.4 Å². The minimum Gasteiger partial charge on any atom is -0.486 e. The zero-order valence-corrected chi connectivity index (χ0v) is 17.6. The molecule has 2 aromatic carbocycles. The first-order chi connectivity index (χ1) is 15.3. The van der Waals surface area contributed by atoms with Crippen LogP contribution < -0.4 is 25.4 Å². The highest BCUT2D eigenvalue weighted by Gasteiger charge is 2.49. The summed E-state index contributed by atoms with van der Waals surface area (Å²) >= 11 is 0. The van der Waals surface area contributed by atoms with Gasteiger partial charge in [0.1, 0.15) is 25.3 Å². The van der Waals surface area contributed by atoms with Gasteiger partial charge in [-0.15, -0.1) is 0 Å². The Labute approximate surface area is 183 Å². The van der Waals surface area contributed by atoms with Crippen LogP contribution in [0.2, 0.25) is 0 Å². The van der Waals surface area contributed by atoms with Crippen LogP contribution in [0.4, 0.5) is 10.5 Å². The number of rotatable bonds is 5. The topological polar surface area (TPSA) is 126 Å². The third-order valence-electron chi connectivity index (χ3n) is 5.33. The summed E-state index contributed by atoms with van der Waals surface area (Å²) in [5, 5.41) is 7.77. The molecule has 0 spiro atoms. The molecule has 0 radical (unpaired) electrons. The van der Waals surface area contributed by atoms with Gasteiger partial charge in [-0.3, -0.25) is 19.3 Å². The number of carbonyl (C=O) groups is 4. The monoisotopic (exact) mass is 438 g/mol. The molecule has 1 saturated heterocycles. The van der Waals surface area contributed by atoms with Crippen molar-refractivity contribution in [3.63, 3.8) is 0 Å². The average molecular weight is 438 g/mol. The zero-order chi connectivity index (χ0) is 22.9. The highest BCUT2D eigenvalue weighted by Crippen LogP contribution is 2.36. The number of carbonyl (C=O) groups excluding carboxylic acids is 4. The molecule has 5 amide bonds. The standard InChI is InChI=1S/C22H22N4O6/c1-22(14-6-7-16-17(11-14)32-9-8-31-16)20(29)26(21(30)25-22)12-18(27)24-15-5-3-4-13(10-15)19(28)23-2/h3-7,10-11H,8-9,12H2,1-2H3,(H,23,28)(H,24,27)(H,25,30). The van der Waals surface area contributed by atoms with Crippen LogP contribution in [0.1, 0.15) is 22.8 Å². The van der Waals surface area contributed by atoms with Crippen molar-refractivity contribution in [1.29, 1.82) is 0 Å². The van der Waals surface area contributed by atoms with Gasteiger partial charge in [-0.25, -0.2) is 4.79 Å². The summed E-state index contributed by atoms with van der Waals surface area (Å²) in [5.41, 5.74) is -0.0997. The van der Waals surface area contributed by atoms with Gasteiger partial charge in [-0.05, 0) is 42.8 Å². The molecule has 4 rings (SSSR count). The molecule has 0 saturated carbocycles. The smallest absolute Gasteiger partial charge is 0.325 e. The van der Waals surface area contributed by atoms with E-state index in [0.717, 1.165) is 4.90 Å². The van der Waals surface area contributed by atoms with Gasteiger partial charge in [-0.1, -0.05) is 12.1 Å². The van der Waals surface area contributed by atoms with Crippen molar-refractivity contribution < 1.29 is 28.7 Å². The van der Waals surface area contributed by atoms with E-state index in [2.05, 4.69) is 16.0 Å². The van der Waals surface area contributed by atoms with Crippen molar-refractivity contribution in [2.45, 2.75) is 12.5 Å². The van der Waals surface area contributed by atoms with Crippen LogP contribution in [0.5, 0.6) is 11.5 Å². The predicted octanol–water partition coefficient (Wildman–Crippen LogP) is 1.22. The van der Waals surface area contributed by atoms with Crippen LogP contribution in [0.15, 0.2) is 42.5 Å². The summed E-state index contributed by atoms with van der Waals surface area (Å²) in [6, 6.07) is 10.7. The summed E-state index contributed by atoms with van der Waals surface area (Å²) < 4.78 is 11.1. The molecule has 0 aliphatic carbocycles. The Bertz CT molecular complexity index is 1120. The number of urea groups is 1. The number of anilines is 1. The number of ether oxygens (including phenoxy) is 2. The van der Waals surface area contributed by atoms with E-state index in [1.807, 2.05) is 0 Å². The second kappa shape index (κ2) is 8.22. The maximum Gasteiger partial charge on any atom is 0.325 e. The van der Waals surface area contributed by atoms with Crippen molar-refractivity contribution >= 4 is 29.4 Å². The number of benzene rings is 2. The van der Waals surface area contributed by atoms with Gasteiger partial charge in [0.25, 0.3) is 11.8 Å². The Morgan fingerprint density at radius 2 is 1.84 bits per heavy atom. The second-order valence-electron chi connectivity index (χ2n) is 7.51. The molecule has 32 heavy (non-hydrogen) atoms. The van der Waals surface area contributed by atoms with E-state index in [9.17, 15) is 19.2 Å². The lowest BCUT2D eigenvalue weighted by Gasteiger charge is -2.25. The van der Waals surface area contributed by atoms with Crippen LogP contribution in [0.25, 0.3) is 0 Å². The Balaban J connectivity index is 1.48. The van der Waals surface area contributed by atoms with Gasteiger partial charge in [-0.2, -0.15) is 0 Å².